The van der Waals surface area contributed by atoms with Crippen molar-refractivity contribution in [2.45, 2.75) is 40.7 Å². The Morgan fingerprint density at radius 1 is 1.38 bits per heavy atom. The lowest BCUT2D eigenvalue weighted by Crippen LogP contribution is -2.39. The Labute approximate surface area is 82.0 Å². The van der Waals surface area contributed by atoms with Crippen LogP contribution < -0.4 is 11.2 Å². The maximum atomic E-state index is 5.86. The lowest BCUT2D eigenvalue weighted by atomic mass is 10.1. The van der Waals surface area contributed by atoms with Crippen molar-refractivity contribution in [3.05, 3.63) is 11.9 Å². The van der Waals surface area contributed by atoms with Crippen molar-refractivity contribution >= 4 is 0 Å². The van der Waals surface area contributed by atoms with Gasteiger partial charge < -0.3 is 10.7 Å². The van der Waals surface area contributed by atoms with E-state index in [0.29, 0.717) is 12.0 Å². The minimum Gasteiger partial charge on any atom is -0.401 e. The molecule has 13 heavy (non-hydrogen) atoms. The average Bonchev–Trinajstić information content (AvgIpc) is 2.03. The van der Waals surface area contributed by atoms with E-state index in [1.807, 2.05) is 6.20 Å². The molecule has 0 atom stereocenters. The fraction of sp³-hybridized carbons (Fsp3) is 0.800. The van der Waals surface area contributed by atoms with Gasteiger partial charge in [0.2, 0.25) is 0 Å². The minimum atomic E-state index is 0.403. The third kappa shape index (κ3) is 4.78. The molecule has 0 saturated carbocycles. The SMILES string of the molecule is CCNN(/C=C(\N)C(C)C)C(C)C. The van der Waals surface area contributed by atoms with E-state index < -0.39 is 0 Å². The highest BCUT2D eigenvalue weighted by molar-refractivity contribution is 4.98. The fourth-order valence-electron chi connectivity index (χ4n) is 0.870. The second kappa shape index (κ2) is 5.86. The predicted molar refractivity (Wildman–Crippen MR) is 57.8 cm³/mol. The van der Waals surface area contributed by atoms with Crippen molar-refractivity contribution in [2.24, 2.45) is 11.7 Å². The summed E-state index contributed by atoms with van der Waals surface area (Å²) in [6.07, 6.45) is 1.98. The third-order valence-electron chi connectivity index (χ3n) is 1.85. The van der Waals surface area contributed by atoms with Gasteiger partial charge in [0.1, 0.15) is 0 Å². The van der Waals surface area contributed by atoms with E-state index in [-0.39, 0.29) is 0 Å². The molecule has 0 radical (unpaired) electrons. The third-order valence-corrected chi connectivity index (χ3v) is 1.85. The lowest BCUT2D eigenvalue weighted by molar-refractivity contribution is 0.222. The number of rotatable bonds is 5. The van der Waals surface area contributed by atoms with Gasteiger partial charge in [-0.1, -0.05) is 20.8 Å². The first-order chi connectivity index (χ1) is 5.99. The summed E-state index contributed by atoms with van der Waals surface area (Å²) >= 11 is 0. The highest BCUT2D eigenvalue weighted by Crippen LogP contribution is 2.04. The molecule has 0 aliphatic heterocycles. The van der Waals surface area contributed by atoms with Gasteiger partial charge in [0.05, 0.1) is 0 Å². The number of nitrogens with two attached hydrogens (primary N) is 1. The van der Waals surface area contributed by atoms with E-state index in [9.17, 15) is 0 Å². The average molecular weight is 185 g/mol. The van der Waals surface area contributed by atoms with Gasteiger partial charge in [0.25, 0.3) is 0 Å². The van der Waals surface area contributed by atoms with Crippen molar-refractivity contribution in [2.75, 3.05) is 6.54 Å². The first-order valence-electron chi connectivity index (χ1n) is 4.98. The van der Waals surface area contributed by atoms with E-state index in [0.717, 1.165) is 12.2 Å². The maximum absolute atomic E-state index is 5.86. The fourth-order valence-corrected chi connectivity index (χ4v) is 0.870. The Kier molecular flexibility index (Phi) is 5.55. The Bertz CT molecular complexity index is 162. The Hall–Kier alpha value is -0.700. The van der Waals surface area contributed by atoms with Gasteiger partial charge in [0.15, 0.2) is 0 Å². The summed E-state index contributed by atoms with van der Waals surface area (Å²) in [7, 11) is 0. The van der Waals surface area contributed by atoms with Crippen LogP contribution in [0.15, 0.2) is 11.9 Å². The molecule has 0 bridgehead atoms. The van der Waals surface area contributed by atoms with Gasteiger partial charge >= 0.3 is 0 Å². The molecule has 0 saturated heterocycles. The highest BCUT2D eigenvalue weighted by Gasteiger charge is 2.05. The molecule has 0 aliphatic rings. The van der Waals surface area contributed by atoms with E-state index in [1.54, 1.807) is 0 Å². The lowest BCUT2D eigenvalue weighted by Gasteiger charge is -2.26. The van der Waals surface area contributed by atoms with Gasteiger partial charge in [0, 0.05) is 24.5 Å². The first kappa shape index (κ1) is 12.3. The van der Waals surface area contributed by atoms with Crippen LogP contribution in [0.2, 0.25) is 0 Å². The zero-order chi connectivity index (χ0) is 10.4. The second-order valence-electron chi connectivity index (χ2n) is 3.80. The largest absolute Gasteiger partial charge is 0.401 e. The van der Waals surface area contributed by atoms with E-state index in [2.05, 4.69) is 45.1 Å². The quantitative estimate of drug-likeness (QED) is 0.640. The predicted octanol–water partition coefficient (Wildman–Crippen LogP) is 1.68. The molecule has 3 N–H and O–H groups in total. The standard InChI is InChI=1S/C10H23N3/c1-6-12-13(9(4)5)7-10(11)8(2)3/h7-9,12H,6,11H2,1-5H3/b10-7-. The summed E-state index contributed by atoms with van der Waals surface area (Å²) in [5, 5.41) is 2.05. The topological polar surface area (TPSA) is 41.3 Å². The van der Waals surface area contributed by atoms with Crippen LogP contribution in [0.5, 0.6) is 0 Å². The van der Waals surface area contributed by atoms with Crippen molar-refractivity contribution in [1.29, 1.82) is 0 Å². The van der Waals surface area contributed by atoms with Gasteiger partial charge in [-0.2, -0.15) is 0 Å². The van der Waals surface area contributed by atoms with E-state index >= 15 is 0 Å². The summed E-state index contributed by atoms with van der Waals surface area (Å²) in [5.74, 6) is 0.403. The molecule has 3 nitrogen and oxygen atoms in total. The molecule has 0 unspecified atom stereocenters. The van der Waals surface area contributed by atoms with Crippen molar-refractivity contribution in [3.63, 3.8) is 0 Å². The molecule has 0 heterocycles. The van der Waals surface area contributed by atoms with Crippen molar-refractivity contribution < 1.29 is 0 Å². The molecule has 0 spiro atoms. The number of hydrogen-bond acceptors (Lipinski definition) is 3. The molecule has 3 heteroatoms. The summed E-state index contributed by atoms with van der Waals surface area (Å²) in [5.41, 5.74) is 10.0. The van der Waals surface area contributed by atoms with Crippen LogP contribution in [-0.2, 0) is 0 Å². The number of hydrogen-bond donors (Lipinski definition) is 2. The molecule has 0 aromatic heterocycles. The monoisotopic (exact) mass is 185 g/mol. The second-order valence-corrected chi connectivity index (χ2v) is 3.80. The molecular formula is C10H23N3. The Morgan fingerprint density at radius 2 is 1.92 bits per heavy atom. The van der Waals surface area contributed by atoms with Gasteiger partial charge in [-0.05, 0) is 19.8 Å². The number of nitrogens with one attached hydrogen (secondary N) is 1. The van der Waals surface area contributed by atoms with Crippen molar-refractivity contribution in [3.8, 4) is 0 Å². The number of hydrazine groups is 1. The zero-order valence-corrected chi connectivity index (χ0v) is 9.46. The summed E-state index contributed by atoms with van der Waals surface area (Å²) < 4.78 is 0. The molecule has 0 aromatic rings. The Morgan fingerprint density at radius 3 is 2.23 bits per heavy atom. The minimum absolute atomic E-state index is 0.403. The Balaban J connectivity index is 4.30. The van der Waals surface area contributed by atoms with Crippen molar-refractivity contribution in [1.82, 2.24) is 10.4 Å². The molecule has 0 rings (SSSR count). The first-order valence-corrected chi connectivity index (χ1v) is 4.98. The van der Waals surface area contributed by atoms with Gasteiger partial charge in [-0.25, -0.2) is 5.43 Å². The normalized spacial score (nSPS) is 12.7. The van der Waals surface area contributed by atoms with Crippen LogP contribution in [0.4, 0.5) is 0 Å². The van der Waals surface area contributed by atoms with Gasteiger partial charge in [-0.15, -0.1) is 0 Å². The van der Waals surface area contributed by atoms with E-state index in [4.69, 9.17) is 5.73 Å². The van der Waals surface area contributed by atoms with Crippen LogP contribution in [-0.4, -0.2) is 17.6 Å². The smallest absolute Gasteiger partial charge is 0.0392 e. The summed E-state index contributed by atoms with van der Waals surface area (Å²) in [4.78, 5) is 0. The molecular weight excluding hydrogens is 162 g/mol. The zero-order valence-electron chi connectivity index (χ0n) is 9.46. The van der Waals surface area contributed by atoms with Crippen LogP contribution in [0.1, 0.15) is 34.6 Å². The van der Waals surface area contributed by atoms with Crippen LogP contribution >= 0.6 is 0 Å². The summed E-state index contributed by atoms with van der Waals surface area (Å²) in [6, 6.07) is 0.428. The van der Waals surface area contributed by atoms with Crippen LogP contribution in [0, 0.1) is 5.92 Å². The molecule has 0 aliphatic carbocycles. The summed E-state index contributed by atoms with van der Waals surface area (Å²) in [6.45, 7) is 11.4. The van der Waals surface area contributed by atoms with Crippen LogP contribution in [0.25, 0.3) is 0 Å². The molecule has 0 amide bonds. The van der Waals surface area contributed by atoms with Gasteiger partial charge in [-0.3, -0.25) is 0 Å². The molecule has 0 fully saturated rings. The maximum Gasteiger partial charge on any atom is 0.0392 e. The van der Waals surface area contributed by atoms with E-state index in [1.165, 1.54) is 0 Å². The highest BCUT2D eigenvalue weighted by atomic mass is 15.5. The van der Waals surface area contributed by atoms with Crippen LogP contribution in [0.3, 0.4) is 0 Å². The molecule has 78 valence electrons. The number of nitrogens with zero attached hydrogens (tertiary/aromatic N) is 1. The molecule has 0 aromatic carbocycles. The number of allylic oxidation sites excluding steroid dienone is 1.